The van der Waals surface area contributed by atoms with Crippen LogP contribution in [0.2, 0.25) is 0 Å². The number of piperidine rings is 1. The van der Waals surface area contributed by atoms with Gasteiger partial charge in [0.1, 0.15) is 0 Å². The maximum atomic E-state index is 12.7. The first-order valence-corrected chi connectivity index (χ1v) is 9.03. The predicted octanol–water partition coefficient (Wildman–Crippen LogP) is 3.44. The third-order valence-electron chi connectivity index (χ3n) is 4.82. The van der Waals surface area contributed by atoms with Crippen molar-refractivity contribution in [2.24, 2.45) is 0 Å². The number of nitrogens with zero attached hydrogens (tertiary/aromatic N) is 2. The van der Waals surface area contributed by atoms with E-state index < -0.39 is 0 Å². The van der Waals surface area contributed by atoms with Gasteiger partial charge in [0.25, 0.3) is 5.91 Å². The van der Waals surface area contributed by atoms with E-state index in [0.29, 0.717) is 12.5 Å². The zero-order valence-corrected chi connectivity index (χ0v) is 15.4. The summed E-state index contributed by atoms with van der Waals surface area (Å²) in [7, 11) is 1.83. The minimum atomic E-state index is 0.0364. The van der Waals surface area contributed by atoms with E-state index in [4.69, 9.17) is 0 Å². The fraction of sp³-hybridized carbons (Fsp3) is 0.429. The van der Waals surface area contributed by atoms with Crippen LogP contribution in [-0.2, 0) is 6.54 Å². The Kier molecular flexibility index (Phi) is 5.49. The minimum absolute atomic E-state index is 0.0364. The van der Waals surface area contributed by atoms with Crippen molar-refractivity contribution in [1.29, 1.82) is 0 Å². The lowest BCUT2D eigenvalue weighted by Gasteiger charge is -2.23. The molecule has 1 N–H and O–H groups in total. The highest BCUT2D eigenvalue weighted by molar-refractivity contribution is 5.94. The van der Waals surface area contributed by atoms with E-state index in [1.165, 1.54) is 24.0 Å². The Balaban J connectivity index is 1.67. The Hall–Kier alpha value is -2.20. The summed E-state index contributed by atoms with van der Waals surface area (Å²) >= 11 is 0. The van der Waals surface area contributed by atoms with Crippen LogP contribution in [0.25, 0.3) is 0 Å². The number of aromatic nitrogens is 1. The molecule has 1 atom stereocenters. The average Bonchev–Trinajstić information content (AvgIpc) is 2.61. The third-order valence-corrected chi connectivity index (χ3v) is 4.82. The zero-order chi connectivity index (χ0) is 17.8. The zero-order valence-electron chi connectivity index (χ0n) is 15.4. The average molecular weight is 337 g/mol. The number of carbonyl (C=O) groups is 1. The van der Waals surface area contributed by atoms with Crippen molar-refractivity contribution >= 4 is 5.91 Å². The molecule has 1 amide bonds. The number of benzene rings is 1. The van der Waals surface area contributed by atoms with Gasteiger partial charge in [-0.25, -0.2) is 0 Å². The van der Waals surface area contributed by atoms with Crippen molar-refractivity contribution in [2.45, 2.75) is 39.2 Å². The van der Waals surface area contributed by atoms with Gasteiger partial charge in [0, 0.05) is 24.8 Å². The number of amides is 1. The summed E-state index contributed by atoms with van der Waals surface area (Å²) in [6.45, 7) is 6.71. The number of carbonyl (C=O) groups excluding carboxylic acids is 1. The standard InChI is InChI=1S/C21H27N3O/c1-15-11-16(2)23-20(12-15)14-24(3)21(25)18-8-6-17(7-9-18)19-5-4-10-22-13-19/h6-9,11-12,19,22H,4-5,10,13-14H2,1-3H3/t19-/m1/s1. The minimum Gasteiger partial charge on any atom is -0.336 e. The van der Waals surface area contributed by atoms with Gasteiger partial charge >= 0.3 is 0 Å². The molecular formula is C21H27N3O. The third kappa shape index (κ3) is 4.45. The number of rotatable bonds is 4. The molecule has 0 bridgehead atoms. The van der Waals surface area contributed by atoms with Crippen LogP contribution in [-0.4, -0.2) is 35.9 Å². The number of aryl methyl sites for hydroxylation is 2. The van der Waals surface area contributed by atoms with Crippen molar-refractivity contribution in [3.63, 3.8) is 0 Å². The maximum Gasteiger partial charge on any atom is 0.253 e. The summed E-state index contributed by atoms with van der Waals surface area (Å²) < 4.78 is 0. The molecule has 1 aromatic heterocycles. The molecule has 25 heavy (non-hydrogen) atoms. The van der Waals surface area contributed by atoms with E-state index in [1.54, 1.807) is 4.90 Å². The van der Waals surface area contributed by atoms with Gasteiger partial charge in [-0.2, -0.15) is 0 Å². The molecule has 4 nitrogen and oxygen atoms in total. The highest BCUT2D eigenvalue weighted by Crippen LogP contribution is 2.23. The van der Waals surface area contributed by atoms with E-state index in [1.807, 2.05) is 38.2 Å². The molecule has 0 radical (unpaired) electrons. The summed E-state index contributed by atoms with van der Waals surface area (Å²) in [5, 5.41) is 3.44. The Morgan fingerprint density at radius 2 is 2.00 bits per heavy atom. The largest absolute Gasteiger partial charge is 0.336 e. The number of hydrogen-bond donors (Lipinski definition) is 1. The Labute approximate surface area is 150 Å². The van der Waals surface area contributed by atoms with Crippen molar-refractivity contribution in [2.75, 3.05) is 20.1 Å². The van der Waals surface area contributed by atoms with Crippen LogP contribution in [0.5, 0.6) is 0 Å². The van der Waals surface area contributed by atoms with Crippen LogP contribution in [0.4, 0.5) is 0 Å². The van der Waals surface area contributed by atoms with E-state index in [0.717, 1.165) is 30.0 Å². The molecule has 2 heterocycles. The normalized spacial score (nSPS) is 17.3. The fourth-order valence-electron chi connectivity index (χ4n) is 3.58. The molecule has 1 aliphatic rings. The maximum absolute atomic E-state index is 12.7. The smallest absolute Gasteiger partial charge is 0.253 e. The molecule has 0 aliphatic carbocycles. The lowest BCUT2D eigenvalue weighted by molar-refractivity contribution is 0.0783. The van der Waals surface area contributed by atoms with Crippen molar-refractivity contribution in [3.05, 3.63) is 64.5 Å². The fourth-order valence-corrected chi connectivity index (χ4v) is 3.58. The molecule has 3 rings (SSSR count). The number of nitrogens with one attached hydrogen (secondary N) is 1. The van der Waals surface area contributed by atoms with E-state index in [2.05, 4.69) is 29.4 Å². The van der Waals surface area contributed by atoms with E-state index >= 15 is 0 Å². The Morgan fingerprint density at radius 1 is 1.24 bits per heavy atom. The summed E-state index contributed by atoms with van der Waals surface area (Å²) in [4.78, 5) is 19.0. The van der Waals surface area contributed by atoms with E-state index in [-0.39, 0.29) is 5.91 Å². The van der Waals surface area contributed by atoms with Crippen LogP contribution < -0.4 is 5.32 Å². The molecule has 4 heteroatoms. The van der Waals surface area contributed by atoms with Gasteiger partial charge in [0.2, 0.25) is 0 Å². The highest BCUT2D eigenvalue weighted by Gasteiger charge is 2.17. The van der Waals surface area contributed by atoms with Crippen LogP contribution in [0.1, 0.15) is 51.6 Å². The van der Waals surface area contributed by atoms with Gasteiger partial charge in [-0.3, -0.25) is 9.78 Å². The predicted molar refractivity (Wildman–Crippen MR) is 101 cm³/mol. The monoisotopic (exact) mass is 337 g/mol. The Morgan fingerprint density at radius 3 is 2.64 bits per heavy atom. The highest BCUT2D eigenvalue weighted by atomic mass is 16.2. The molecule has 1 aromatic carbocycles. The van der Waals surface area contributed by atoms with Gasteiger partial charge in [0.15, 0.2) is 0 Å². The molecule has 1 saturated heterocycles. The second kappa shape index (κ2) is 7.79. The summed E-state index contributed by atoms with van der Waals surface area (Å²) in [5.41, 5.74) is 5.15. The topological polar surface area (TPSA) is 45.2 Å². The molecule has 1 fully saturated rings. The molecular weight excluding hydrogens is 310 g/mol. The van der Waals surface area contributed by atoms with Crippen LogP contribution in [0, 0.1) is 13.8 Å². The number of hydrogen-bond acceptors (Lipinski definition) is 3. The molecule has 0 spiro atoms. The van der Waals surface area contributed by atoms with E-state index in [9.17, 15) is 4.79 Å². The first kappa shape index (κ1) is 17.6. The van der Waals surface area contributed by atoms with Gasteiger partial charge in [-0.05, 0) is 74.5 Å². The van der Waals surface area contributed by atoms with Crippen LogP contribution >= 0.6 is 0 Å². The SMILES string of the molecule is Cc1cc(C)nc(CN(C)C(=O)c2ccc([C@@H]3CCCNC3)cc2)c1. The first-order valence-electron chi connectivity index (χ1n) is 9.03. The lowest BCUT2D eigenvalue weighted by atomic mass is 9.91. The van der Waals surface area contributed by atoms with Gasteiger partial charge in [0.05, 0.1) is 12.2 Å². The van der Waals surface area contributed by atoms with Crippen molar-refractivity contribution in [1.82, 2.24) is 15.2 Å². The summed E-state index contributed by atoms with van der Waals surface area (Å²) in [5.74, 6) is 0.601. The van der Waals surface area contributed by atoms with Gasteiger partial charge in [-0.1, -0.05) is 12.1 Å². The van der Waals surface area contributed by atoms with Crippen LogP contribution in [0.3, 0.4) is 0 Å². The van der Waals surface area contributed by atoms with Crippen LogP contribution in [0.15, 0.2) is 36.4 Å². The summed E-state index contributed by atoms with van der Waals surface area (Å²) in [6.07, 6.45) is 2.44. The molecule has 1 aliphatic heterocycles. The number of pyridine rings is 1. The van der Waals surface area contributed by atoms with Crippen molar-refractivity contribution in [3.8, 4) is 0 Å². The van der Waals surface area contributed by atoms with Gasteiger partial charge < -0.3 is 10.2 Å². The first-order chi connectivity index (χ1) is 12.0. The van der Waals surface area contributed by atoms with Gasteiger partial charge in [-0.15, -0.1) is 0 Å². The molecule has 132 valence electrons. The molecule has 2 aromatic rings. The second-order valence-electron chi connectivity index (χ2n) is 7.10. The quantitative estimate of drug-likeness (QED) is 0.929. The molecule has 0 unspecified atom stereocenters. The summed E-state index contributed by atoms with van der Waals surface area (Å²) in [6, 6.07) is 12.2. The second-order valence-corrected chi connectivity index (χ2v) is 7.10. The van der Waals surface area contributed by atoms with Crippen molar-refractivity contribution < 1.29 is 4.79 Å². The Bertz CT molecular complexity index is 713. The lowest BCUT2D eigenvalue weighted by Crippen LogP contribution is -2.28. The molecule has 0 saturated carbocycles.